The van der Waals surface area contributed by atoms with Crippen molar-refractivity contribution in [3.05, 3.63) is 29.6 Å². The molecule has 0 radical (unpaired) electrons. The van der Waals surface area contributed by atoms with Gasteiger partial charge in [0.1, 0.15) is 17.0 Å². The largest absolute Gasteiger partial charge is 0.508 e. The van der Waals surface area contributed by atoms with Crippen LogP contribution in [0.2, 0.25) is 0 Å². The van der Waals surface area contributed by atoms with Gasteiger partial charge in [0.15, 0.2) is 0 Å². The minimum Gasteiger partial charge on any atom is -0.508 e. The second-order valence-electron chi connectivity index (χ2n) is 4.11. The van der Waals surface area contributed by atoms with Gasteiger partial charge >= 0.3 is 5.97 Å². The highest BCUT2D eigenvalue weighted by atomic mass is 19.1. The standard InChI is InChI=1S/C11H11FO4/c12-9-3-6(13)1-2-8(9)11(10(15)16)4-7(14)5-11/h1-3,7,13-14H,4-5H2,(H,15,16). The lowest BCUT2D eigenvalue weighted by atomic mass is 9.62. The second-order valence-corrected chi connectivity index (χ2v) is 4.11. The van der Waals surface area contributed by atoms with Gasteiger partial charge in [-0.3, -0.25) is 4.79 Å². The number of aliphatic hydroxyl groups is 1. The molecule has 1 aliphatic carbocycles. The van der Waals surface area contributed by atoms with Crippen molar-refractivity contribution < 1.29 is 24.5 Å². The number of benzene rings is 1. The number of hydrogen-bond acceptors (Lipinski definition) is 3. The fourth-order valence-corrected chi connectivity index (χ4v) is 2.15. The monoisotopic (exact) mass is 226 g/mol. The predicted octanol–water partition coefficient (Wildman–Crippen LogP) is 1.01. The number of aromatic hydroxyl groups is 1. The molecule has 2 rings (SSSR count). The van der Waals surface area contributed by atoms with E-state index in [1.807, 2.05) is 0 Å². The van der Waals surface area contributed by atoms with Gasteiger partial charge in [0, 0.05) is 11.6 Å². The molecule has 0 saturated heterocycles. The highest BCUT2D eigenvalue weighted by Crippen LogP contribution is 2.45. The molecule has 3 N–H and O–H groups in total. The van der Waals surface area contributed by atoms with Crippen molar-refractivity contribution in [2.24, 2.45) is 0 Å². The normalized spacial score (nSPS) is 28.5. The third kappa shape index (κ3) is 1.44. The van der Waals surface area contributed by atoms with E-state index in [0.29, 0.717) is 0 Å². The average Bonchev–Trinajstić information content (AvgIpc) is 2.12. The Hall–Kier alpha value is -1.62. The molecule has 1 fully saturated rings. The Morgan fingerprint density at radius 3 is 2.50 bits per heavy atom. The molecule has 1 saturated carbocycles. The van der Waals surface area contributed by atoms with E-state index in [1.54, 1.807) is 0 Å². The molecule has 5 heteroatoms. The Bertz CT molecular complexity index is 438. The number of carbonyl (C=O) groups is 1. The van der Waals surface area contributed by atoms with Crippen LogP contribution in [0.1, 0.15) is 18.4 Å². The quantitative estimate of drug-likeness (QED) is 0.703. The molecule has 16 heavy (non-hydrogen) atoms. The van der Waals surface area contributed by atoms with Crippen LogP contribution in [0.5, 0.6) is 5.75 Å². The summed E-state index contributed by atoms with van der Waals surface area (Å²) in [5.41, 5.74) is -1.33. The van der Waals surface area contributed by atoms with Crippen LogP contribution < -0.4 is 0 Å². The molecule has 4 nitrogen and oxygen atoms in total. The van der Waals surface area contributed by atoms with E-state index in [4.69, 9.17) is 10.2 Å². The topological polar surface area (TPSA) is 77.8 Å². The third-order valence-corrected chi connectivity index (χ3v) is 3.05. The van der Waals surface area contributed by atoms with Crippen LogP contribution in [0.4, 0.5) is 4.39 Å². The van der Waals surface area contributed by atoms with Crippen molar-refractivity contribution in [1.29, 1.82) is 0 Å². The summed E-state index contributed by atoms with van der Waals surface area (Å²) < 4.78 is 13.5. The van der Waals surface area contributed by atoms with Crippen LogP contribution in [-0.4, -0.2) is 27.4 Å². The molecule has 0 spiro atoms. The maximum atomic E-state index is 13.5. The number of carboxylic acid groups (broad SMARTS) is 1. The maximum Gasteiger partial charge on any atom is 0.314 e. The Morgan fingerprint density at radius 1 is 1.44 bits per heavy atom. The summed E-state index contributed by atoms with van der Waals surface area (Å²) >= 11 is 0. The van der Waals surface area contributed by atoms with Crippen LogP contribution in [0, 0.1) is 5.82 Å². The second kappa shape index (κ2) is 3.45. The molecule has 0 aromatic heterocycles. The van der Waals surface area contributed by atoms with Crippen molar-refractivity contribution in [2.75, 3.05) is 0 Å². The Labute approximate surface area is 91.0 Å². The number of phenolic OH excluding ortho intramolecular Hbond substituents is 1. The van der Waals surface area contributed by atoms with E-state index in [0.717, 1.165) is 6.07 Å². The van der Waals surface area contributed by atoms with E-state index < -0.39 is 23.3 Å². The zero-order valence-electron chi connectivity index (χ0n) is 8.35. The summed E-state index contributed by atoms with van der Waals surface area (Å²) in [7, 11) is 0. The molecule has 1 aromatic rings. The van der Waals surface area contributed by atoms with Gasteiger partial charge in [-0.15, -0.1) is 0 Å². The summed E-state index contributed by atoms with van der Waals surface area (Å²) in [6.07, 6.45) is -0.696. The SMILES string of the molecule is O=C(O)C1(c2ccc(O)cc2F)CC(O)C1. The first kappa shape index (κ1) is 10.9. The maximum absolute atomic E-state index is 13.5. The number of carboxylic acids is 1. The van der Waals surface area contributed by atoms with Crippen LogP contribution in [-0.2, 0) is 10.2 Å². The van der Waals surface area contributed by atoms with Crippen LogP contribution in [0.15, 0.2) is 18.2 Å². The Balaban J connectivity index is 2.45. The van der Waals surface area contributed by atoms with Crippen LogP contribution in [0.25, 0.3) is 0 Å². The lowest BCUT2D eigenvalue weighted by molar-refractivity contribution is -0.153. The van der Waals surface area contributed by atoms with Crippen LogP contribution in [0.3, 0.4) is 0 Å². The summed E-state index contributed by atoms with van der Waals surface area (Å²) in [5, 5.41) is 27.4. The van der Waals surface area contributed by atoms with Gasteiger partial charge in [-0.1, -0.05) is 6.07 Å². The highest BCUT2D eigenvalue weighted by molar-refractivity contribution is 5.83. The van der Waals surface area contributed by atoms with Gasteiger partial charge in [0.2, 0.25) is 0 Å². The number of aliphatic hydroxyl groups excluding tert-OH is 1. The third-order valence-electron chi connectivity index (χ3n) is 3.05. The molecule has 1 aliphatic rings. The summed E-state index contributed by atoms with van der Waals surface area (Å²) in [6.45, 7) is 0. The lowest BCUT2D eigenvalue weighted by Gasteiger charge is -2.42. The summed E-state index contributed by atoms with van der Waals surface area (Å²) in [5.74, 6) is -2.15. The first-order chi connectivity index (χ1) is 7.45. The molecule has 1 aromatic carbocycles. The number of aliphatic carboxylic acids is 1. The highest BCUT2D eigenvalue weighted by Gasteiger charge is 2.52. The molecule has 0 aliphatic heterocycles. The Morgan fingerprint density at radius 2 is 2.06 bits per heavy atom. The number of rotatable bonds is 2. The van der Waals surface area contributed by atoms with Crippen molar-refractivity contribution in [1.82, 2.24) is 0 Å². The molecule has 86 valence electrons. The molecule has 0 unspecified atom stereocenters. The zero-order valence-corrected chi connectivity index (χ0v) is 8.35. The van der Waals surface area contributed by atoms with E-state index >= 15 is 0 Å². The molecule has 0 bridgehead atoms. The first-order valence-corrected chi connectivity index (χ1v) is 4.86. The van der Waals surface area contributed by atoms with Gasteiger partial charge < -0.3 is 15.3 Å². The lowest BCUT2D eigenvalue weighted by Crippen LogP contribution is -2.51. The van der Waals surface area contributed by atoms with Gasteiger partial charge in [0.05, 0.1) is 6.10 Å². The molecule has 0 heterocycles. The fraction of sp³-hybridized carbons (Fsp3) is 0.364. The number of hydrogen-bond donors (Lipinski definition) is 3. The van der Waals surface area contributed by atoms with Crippen molar-refractivity contribution in [2.45, 2.75) is 24.4 Å². The van der Waals surface area contributed by atoms with E-state index in [1.165, 1.54) is 12.1 Å². The van der Waals surface area contributed by atoms with E-state index in [2.05, 4.69) is 0 Å². The van der Waals surface area contributed by atoms with Gasteiger partial charge in [-0.25, -0.2) is 4.39 Å². The van der Waals surface area contributed by atoms with Crippen molar-refractivity contribution in [3.8, 4) is 5.75 Å². The van der Waals surface area contributed by atoms with Crippen molar-refractivity contribution >= 4 is 5.97 Å². The number of halogens is 1. The smallest absolute Gasteiger partial charge is 0.314 e. The summed E-state index contributed by atoms with van der Waals surface area (Å²) in [4.78, 5) is 11.1. The zero-order chi connectivity index (χ0) is 11.9. The number of phenols is 1. The molecular weight excluding hydrogens is 215 g/mol. The predicted molar refractivity (Wildman–Crippen MR) is 52.6 cm³/mol. The Kier molecular flexibility index (Phi) is 2.35. The van der Waals surface area contributed by atoms with Gasteiger partial charge in [0.25, 0.3) is 0 Å². The summed E-state index contributed by atoms with van der Waals surface area (Å²) in [6, 6.07) is 3.38. The van der Waals surface area contributed by atoms with Crippen molar-refractivity contribution in [3.63, 3.8) is 0 Å². The van der Waals surface area contributed by atoms with Gasteiger partial charge in [-0.2, -0.15) is 0 Å². The fourth-order valence-electron chi connectivity index (χ4n) is 2.15. The average molecular weight is 226 g/mol. The molecule has 0 atom stereocenters. The molecule has 0 amide bonds. The minimum atomic E-state index is -1.35. The minimum absolute atomic E-state index is 0.00400. The van der Waals surface area contributed by atoms with E-state index in [-0.39, 0.29) is 24.2 Å². The first-order valence-electron chi connectivity index (χ1n) is 4.86. The van der Waals surface area contributed by atoms with Crippen LogP contribution >= 0.6 is 0 Å². The van der Waals surface area contributed by atoms with E-state index in [9.17, 15) is 14.3 Å². The molecular formula is C11H11FO4. The van der Waals surface area contributed by atoms with Gasteiger partial charge in [-0.05, 0) is 18.9 Å².